The number of ether oxygens (including phenoxy) is 1. The van der Waals surface area contributed by atoms with Gasteiger partial charge in [-0.25, -0.2) is 0 Å². The summed E-state index contributed by atoms with van der Waals surface area (Å²) in [6.45, 7) is 11.1. The van der Waals surface area contributed by atoms with Gasteiger partial charge in [-0.15, -0.1) is 0 Å². The number of piperidine rings is 1. The number of rotatable bonds is 2. The van der Waals surface area contributed by atoms with Gasteiger partial charge in [0.1, 0.15) is 0 Å². The normalized spacial score (nSPS) is 26.6. The molecular weight excluding hydrogens is 188 g/mol. The van der Waals surface area contributed by atoms with Gasteiger partial charge in [-0.05, 0) is 33.6 Å². The Hall–Kier alpha value is -0.120. The first-order chi connectivity index (χ1) is 7.04. The van der Waals surface area contributed by atoms with Crippen molar-refractivity contribution in [3.05, 3.63) is 0 Å². The Bertz CT molecular complexity index is 200. The van der Waals surface area contributed by atoms with E-state index in [0.717, 1.165) is 19.3 Å². The molecule has 0 aromatic heterocycles. The highest BCUT2D eigenvalue weighted by Gasteiger charge is 2.30. The fourth-order valence-corrected chi connectivity index (χ4v) is 2.46. The molecule has 0 aromatic rings. The first-order valence-electron chi connectivity index (χ1n) is 6.14. The molecule has 2 heterocycles. The summed E-state index contributed by atoms with van der Waals surface area (Å²) in [6, 6.07) is 1.43. The third-order valence-electron chi connectivity index (χ3n) is 3.30. The van der Waals surface area contributed by atoms with E-state index in [2.05, 4.69) is 31.0 Å². The summed E-state index contributed by atoms with van der Waals surface area (Å²) >= 11 is 0. The van der Waals surface area contributed by atoms with Crippen molar-refractivity contribution in [3.8, 4) is 0 Å². The zero-order valence-corrected chi connectivity index (χ0v) is 10.3. The Balaban J connectivity index is 1.72. The average Bonchev–Trinajstić information content (AvgIpc) is 2.02. The molecule has 2 fully saturated rings. The third kappa shape index (κ3) is 3.16. The molecule has 0 aromatic carbocycles. The van der Waals surface area contributed by atoms with Gasteiger partial charge >= 0.3 is 0 Å². The van der Waals surface area contributed by atoms with Crippen LogP contribution in [0, 0.1) is 0 Å². The molecular formula is C12H24N2O. The van der Waals surface area contributed by atoms with E-state index in [1.165, 1.54) is 25.9 Å². The highest BCUT2D eigenvalue weighted by atomic mass is 16.5. The first kappa shape index (κ1) is 11.4. The van der Waals surface area contributed by atoms with Gasteiger partial charge < -0.3 is 10.1 Å². The molecule has 15 heavy (non-hydrogen) atoms. The smallest absolute Gasteiger partial charge is 0.0645 e. The van der Waals surface area contributed by atoms with Crippen LogP contribution < -0.4 is 5.32 Å². The van der Waals surface area contributed by atoms with Crippen LogP contribution in [-0.2, 0) is 4.74 Å². The van der Waals surface area contributed by atoms with E-state index >= 15 is 0 Å². The number of nitrogens with zero attached hydrogens (tertiary/aromatic N) is 1. The minimum atomic E-state index is 0.256. The molecule has 3 heteroatoms. The predicted molar refractivity (Wildman–Crippen MR) is 62.1 cm³/mol. The highest BCUT2D eigenvalue weighted by Crippen LogP contribution is 2.19. The molecule has 2 rings (SSSR count). The minimum absolute atomic E-state index is 0.256. The van der Waals surface area contributed by atoms with Crippen LogP contribution in [0.15, 0.2) is 0 Å². The van der Waals surface area contributed by atoms with Crippen molar-refractivity contribution in [1.82, 2.24) is 10.2 Å². The molecule has 88 valence electrons. The summed E-state index contributed by atoms with van der Waals surface area (Å²) in [5.74, 6) is 0. The molecule has 0 bridgehead atoms. The van der Waals surface area contributed by atoms with Crippen LogP contribution in [0.4, 0.5) is 0 Å². The fraction of sp³-hybridized carbons (Fsp3) is 1.00. The van der Waals surface area contributed by atoms with E-state index in [4.69, 9.17) is 4.74 Å². The Labute approximate surface area is 93.2 Å². The maximum Gasteiger partial charge on any atom is 0.0645 e. The fourth-order valence-electron chi connectivity index (χ4n) is 2.46. The van der Waals surface area contributed by atoms with E-state index in [-0.39, 0.29) is 5.54 Å². The Morgan fingerprint density at radius 3 is 2.13 bits per heavy atom. The summed E-state index contributed by atoms with van der Waals surface area (Å²) in [5.41, 5.74) is 0.256. The Morgan fingerprint density at radius 2 is 1.73 bits per heavy atom. The summed E-state index contributed by atoms with van der Waals surface area (Å²) in [6.07, 6.45) is 2.57. The average molecular weight is 212 g/mol. The van der Waals surface area contributed by atoms with Gasteiger partial charge in [-0.2, -0.15) is 0 Å². The van der Waals surface area contributed by atoms with Crippen molar-refractivity contribution >= 4 is 0 Å². The van der Waals surface area contributed by atoms with Gasteiger partial charge in [0.15, 0.2) is 0 Å². The van der Waals surface area contributed by atoms with Crippen LogP contribution in [0.2, 0.25) is 0 Å². The van der Waals surface area contributed by atoms with Crippen molar-refractivity contribution in [1.29, 1.82) is 0 Å². The zero-order chi connectivity index (χ0) is 10.9. The second-order valence-corrected chi connectivity index (χ2v) is 5.90. The van der Waals surface area contributed by atoms with Crippen molar-refractivity contribution in [2.75, 3.05) is 26.3 Å². The van der Waals surface area contributed by atoms with Crippen LogP contribution in [-0.4, -0.2) is 48.8 Å². The van der Waals surface area contributed by atoms with E-state index in [1.54, 1.807) is 0 Å². The summed E-state index contributed by atoms with van der Waals surface area (Å²) in [4.78, 5) is 2.59. The largest absolute Gasteiger partial charge is 0.378 e. The predicted octanol–water partition coefficient (Wildman–Crippen LogP) is 1.24. The molecule has 2 aliphatic heterocycles. The van der Waals surface area contributed by atoms with Crippen LogP contribution in [0.25, 0.3) is 0 Å². The van der Waals surface area contributed by atoms with Crippen LogP contribution in [0.3, 0.4) is 0 Å². The van der Waals surface area contributed by atoms with E-state index in [1.807, 2.05) is 0 Å². The van der Waals surface area contributed by atoms with E-state index in [9.17, 15) is 0 Å². The number of hydrogen-bond acceptors (Lipinski definition) is 3. The number of likely N-dealkylation sites (tertiary alicyclic amines) is 1. The van der Waals surface area contributed by atoms with Crippen molar-refractivity contribution in [3.63, 3.8) is 0 Å². The SMILES string of the molecule is CC(C)(C)NC1CCN(C2COC2)CC1. The quantitative estimate of drug-likeness (QED) is 0.745. The summed E-state index contributed by atoms with van der Waals surface area (Å²) < 4.78 is 5.24. The molecule has 3 nitrogen and oxygen atoms in total. The highest BCUT2D eigenvalue weighted by molar-refractivity contribution is 4.87. The molecule has 2 aliphatic rings. The van der Waals surface area contributed by atoms with Crippen LogP contribution in [0.1, 0.15) is 33.6 Å². The van der Waals surface area contributed by atoms with Gasteiger partial charge in [0.25, 0.3) is 0 Å². The number of nitrogens with one attached hydrogen (secondary N) is 1. The lowest BCUT2D eigenvalue weighted by Crippen LogP contribution is -2.55. The van der Waals surface area contributed by atoms with Gasteiger partial charge in [0.05, 0.1) is 19.3 Å². The van der Waals surface area contributed by atoms with Crippen molar-refractivity contribution in [2.45, 2.75) is 51.2 Å². The third-order valence-corrected chi connectivity index (χ3v) is 3.30. The molecule has 0 atom stereocenters. The van der Waals surface area contributed by atoms with Gasteiger partial charge in [0.2, 0.25) is 0 Å². The lowest BCUT2D eigenvalue weighted by Gasteiger charge is -2.42. The monoisotopic (exact) mass is 212 g/mol. The van der Waals surface area contributed by atoms with Gasteiger partial charge in [-0.3, -0.25) is 4.90 Å². The molecule has 2 saturated heterocycles. The van der Waals surface area contributed by atoms with Crippen molar-refractivity contribution < 1.29 is 4.74 Å². The van der Waals surface area contributed by atoms with Crippen LogP contribution >= 0.6 is 0 Å². The van der Waals surface area contributed by atoms with Gasteiger partial charge in [0, 0.05) is 24.7 Å². The summed E-state index contributed by atoms with van der Waals surface area (Å²) in [7, 11) is 0. The molecule has 0 unspecified atom stereocenters. The lowest BCUT2D eigenvalue weighted by atomic mass is 9.98. The molecule has 0 aliphatic carbocycles. The Morgan fingerprint density at radius 1 is 1.13 bits per heavy atom. The van der Waals surface area contributed by atoms with E-state index in [0.29, 0.717) is 6.04 Å². The zero-order valence-electron chi connectivity index (χ0n) is 10.3. The minimum Gasteiger partial charge on any atom is -0.378 e. The molecule has 0 radical (unpaired) electrons. The van der Waals surface area contributed by atoms with Crippen LogP contribution in [0.5, 0.6) is 0 Å². The molecule has 0 spiro atoms. The van der Waals surface area contributed by atoms with Gasteiger partial charge in [-0.1, -0.05) is 0 Å². The van der Waals surface area contributed by atoms with E-state index < -0.39 is 0 Å². The maximum absolute atomic E-state index is 5.24. The Kier molecular flexibility index (Phi) is 3.33. The molecule has 0 amide bonds. The second kappa shape index (κ2) is 4.40. The summed E-state index contributed by atoms with van der Waals surface area (Å²) in [5, 5.41) is 3.70. The number of hydrogen-bond donors (Lipinski definition) is 1. The molecule has 0 saturated carbocycles. The van der Waals surface area contributed by atoms with Crippen molar-refractivity contribution in [2.24, 2.45) is 0 Å². The lowest BCUT2D eigenvalue weighted by molar-refractivity contribution is -0.0724. The second-order valence-electron chi connectivity index (χ2n) is 5.90. The maximum atomic E-state index is 5.24. The molecule has 1 N–H and O–H groups in total. The standard InChI is InChI=1S/C12H24N2O/c1-12(2,3)13-10-4-6-14(7-5-10)11-8-15-9-11/h10-11,13H,4-9H2,1-3H3. The first-order valence-corrected chi connectivity index (χ1v) is 6.14. The topological polar surface area (TPSA) is 24.5 Å².